The zero-order valence-corrected chi connectivity index (χ0v) is 30.0. The second-order valence-electron chi connectivity index (χ2n) is 12.6. The quantitative estimate of drug-likeness (QED) is 0.133. The predicted octanol–water partition coefficient (Wildman–Crippen LogP) is 9.18. The summed E-state index contributed by atoms with van der Waals surface area (Å²) in [6, 6.07) is 26.7. The van der Waals surface area contributed by atoms with Gasteiger partial charge in [-0.2, -0.15) is 0 Å². The van der Waals surface area contributed by atoms with E-state index in [1.54, 1.807) is 7.11 Å². The van der Waals surface area contributed by atoms with Crippen molar-refractivity contribution < 1.29 is 40.8 Å². The molecule has 4 rings (SSSR count). The van der Waals surface area contributed by atoms with E-state index in [0.29, 0.717) is 13.2 Å². The first-order valence-corrected chi connectivity index (χ1v) is 14.5. The maximum Gasteiger partial charge on any atom is 0.142 e. The molecule has 4 aromatic rings. The molecular weight excluding hydrogens is 685 g/mol. The topological polar surface area (TPSA) is 52.9 Å². The zero-order chi connectivity index (χ0) is 29.9. The molecule has 220 valence electrons. The molecule has 0 aliphatic heterocycles. The molecule has 42 heavy (non-hydrogen) atoms. The number of anilines is 2. The van der Waals surface area contributed by atoms with Crippen LogP contribution in [0.25, 0.3) is 11.1 Å². The number of hydrogen-bond acceptors (Lipinski definition) is 4. The summed E-state index contributed by atoms with van der Waals surface area (Å²) in [4.78, 5) is 2.18. The molecule has 0 heterocycles. The molecule has 0 saturated heterocycles. The molecule has 4 nitrogen and oxygen atoms in total. The third kappa shape index (κ3) is 7.01. The van der Waals surface area contributed by atoms with Gasteiger partial charge in [-0.25, -0.2) is 0 Å². The van der Waals surface area contributed by atoms with Crippen LogP contribution >= 0.6 is 0 Å². The normalized spacial score (nSPS) is 11.7. The van der Waals surface area contributed by atoms with E-state index in [1.165, 1.54) is 0 Å². The fourth-order valence-electron chi connectivity index (χ4n) is 5.68. The molecular formula is C37H45HfNO3. The Bertz CT molecular complexity index is 1510. The average Bonchev–Trinajstić information content (AvgIpc) is 2.93. The Hall–Kier alpha value is -2.89. The van der Waals surface area contributed by atoms with Crippen LogP contribution in [0.2, 0.25) is 0 Å². The number of aromatic hydroxyl groups is 2. The number of aryl methyl sites for hydroxylation is 2. The van der Waals surface area contributed by atoms with Crippen LogP contribution in [-0.4, -0.2) is 30.5 Å². The molecule has 0 saturated carbocycles. The van der Waals surface area contributed by atoms with Gasteiger partial charge in [-0.05, 0) is 60.6 Å². The molecule has 0 radical (unpaired) electrons. The number of rotatable bonds is 9. The van der Waals surface area contributed by atoms with E-state index in [-0.39, 0.29) is 42.8 Å². The number of phenols is 2. The van der Waals surface area contributed by atoms with E-state index < -0.39 is 5.41 Å². The monoisotopic (exact) mass is 731 g/mol. The summed E-state index contributed by atoms with van der Waals surface area (Å²) < 4.78 is 5.41. The van der Waals surface area contributed by atoms with E-state index in [4.69, 9.17) is 4.74 Å². The largest absolute Gasteiger partial charge is 0.507 e. The van der Waals surface area contributed by atoms with E-state index in [1.807, 2.05) is 36.4 Å². The summed E-state index contributed by atoms with van der Waals surface area (Å²) in [7, 11) is 1.71. The van der Waals surface area contributed by atoms with Crippen molar-refractivity contribution in [2.75, 3.05) is 25.2 Å². The summed E-state index contributed by atoms with van der Waals surface area (Å²) in [6.07, 6.45) is 0.773. The molecule has 0 aliphatic rings. The summed E-state index contributed by atoms with van der Waals surface area (Å²) in [5, 5.41) is 23.6. The zero-order valence-electron chi connectivity index (χ0n) is 26.4. The maximum absolute atomic E-state index is 11.9. The van der Waals surface area contributed by atoms with Gasteiger partial charge in [0.25, 0.3) is 0 Å². The van der Waals surface area contributed by atoms with Gasteiger partial charge < -0.3 is 19.8 Å². The molecule has 0 amide bonds. The molecule has 0 aliphatic carbocycles. The Morgan fingerprint density at radius 3 is 1.93 bits per heavy atom. The van der Waals surface area contributed by atoms with Gasteiger partial charge in [0, 0.05) is 79.5 Å². The maximum atomic E-state index is 11.9. The van der Waals surface area contributed by atoms with Crippen molar-refractivity contribution in [3.63, 3.8) is 0 Å². The molecule has 0 bridgehead atoms. The van der Waals surface area contributed by atoms with Gasteiger partial charge in [0.15, 0.2) is 0 Å². The summed E-state index contributed by atoms with van der Waals surface area (Å²) >= 11 is 0. The Morgan fingerprint density at radius 1 is 0.690 bits per heavy atom. The fourth-order valence-corrected chi connectivity index (χ4v) is 5.68. The second kappa shape index (κ2) is 13.6. The van der Waals surface area contributed by atoms with Crippen molar-refractivity contribution >= 4 is 11.4 Å². The number of nitrogens with zero attached hydrogens (tertiary/aromatic N) is 1. The van der Waals surface area contributed by atoms with Gasteiger partial charge in [-0.1, -0.05) is 95.3 Å². The minimum Gasteiger partial charge on any atom is -0.507 e. The number of benzene rings is 4. The van der Waals surface area contributed by atoms with E-state index >= 15 is 0 Å². The summed E-state index contributed by atoms with van der Waals surface area (Å²) in [5.41, 5.74) is 7.83. The SMILES string of the molecule is COCCCN(c1ccccc1-c1cc(C)cc(C(C)(C)c2ccccc2)c1O)c1cc(C)cc(C(C)(C)C)c1O.[Hf]. The van der Waals surface area contributed by atoms with Crippen molar-refractivity contribution in [3.05, 3.63) is 107 Å². The standard InChI is InChI=1S/C37H45NO3.Hf/c1-25-21-29(34(39)31(23-25)37(6,7)27-15-10-9-11-16-27)28-17-12-13-18-32(28)38(19-14-20-41-8)33-24-26(2)22-30(35(33)40)36(3,4)5;/h9-13,15-18,21-24,39-40H,14,19-20H2,1-8H3;. The van der Waals surface area contributed by atoms with Crippen molar-refractivity contribution in [2.24, 2.45) is 0 Å². The average molecular weight is 730 g/mol. The van der Waals surface area contributed by atoms with Gasteiger partial charge in [0.1, 0.15) is 11.5 Å². The third-order valence-corrected chi connectivity index (χ3v) is 7.97. The van der Waals surface area contributed by atoms with Crippen LogP contribution in [0.5, 0.6) is 11.5 Å². The Kier molecular flexibility index (Phi) is 10.9. The number of ether oxygens (including phenoxy) is 1. The molecule has 0 aromatic heterocycles. The minimum absolute atomic E-state index is 0. The van der Waals surface area contributed by atoms with Gasteiger partial charge in [0.05, 0.1) is 5.69 Å². The Morgan fingerprint density at radius 2 is 1.29 bits per heavy atom. The smallest absolute Gasteiger partial charge is 0.142 e. The Balaban J connectivity index is 0.00000484. The van der Waals surface area contributed by atoms with Crippen LogP contribution in [0.4, 0.5) is 11.4 Å². The van der Waals surface area contributed by atoms with Gasteiger partial charge in [-0.3, -0.25) is 0 Å². The second-order valence-corrected chi connectivity index (χ2v) is 12.6. The molecule has 0 atom stereocenters. The third-order valence-electron chi connectivity index (χ3n) is 7.97. The molecule has 2 N–H and O–H groups in total. The Labute approximate surface area is 271 Å². The molecule has 0 unspecified atom stereocenters. The van der Waals surface area contributed by atoms with Crippen LogP contribution in [-0.2, 0) is 41.4 Å². The van der Waals surface area contributed by atoms with E-state index in [2.05, 4.69) is 95.8 Å². The number of methoxy groups -OCH3 is 1. The molecule has 4 aromatic carbocycles. The van der Waals surface area contributed by atoms with Crippen LogP contribution < -0.4 is 4.90 Å². The number of para-hydroxylation sites is 1. The van der Waals surface area contributed by atoms with Gasteiger partial charge >= 0.3 is 0 Å². The molecule has 5 heteroatoms. The predicted molar refractivity (Wildman–Crippen MR) is 172 cm³/mol. The van der Waals surface area contributed by atoms with E-state index in [0.717, 1.165) is 56.7 Å². The fraction of sp³-hybridized carbons (Fsp3) is 0.351. The minimum atomic E-state index is -0.407. The number of phenolic OH excluding ortho intramolecular Hbond substituents is 2. The summed E-state index contributed by atoms with van der Waals surface area (Å²) in [5.74, 6) is 0.562. The molecule has 0 spiro atoms. The van der Waals surface area contributed by atoms with Gasteiger partial charge in [-0.15, -0.1) is 0 Å². The number of hydrogen-bond donors (Lipinski definition) is 2. The molecule has 0 fully saturated rings. The van der Waals surface area contributed by atoms with Crippen LogP contribution in [0.15, 0.2) is 78.9 Å². The summed E-state index contributed by atoms with van der Waals surface area (Å²) in [6.45, 7) is 16.1. The van der Waals surface area contributed by atoms with Crippen molar-refractivity contribution in [1.82, 2.24) is 0 Å². The van der Waals surface area contributed by atoms with E-state index in [9.17, 15) is 10.2 Å². The van der Waals surface area contributed by atoms with Crippen LogP contribution in [0.1, 0.15) is 68.9 Å². The van der Waals surface area contributed by atoms with Crippen molar-refractivity contribution in [3.8, 4) is 22.6 Å². The first kappa shape index (κ1) is 33.6. The van der Waals surface area contributed by atoms with Crippen molar-refractivity contribution in [2.45, 2.75) is 65.7 Å². The van der Waals surface area contributed by atoms with Gasteiger partial charge in [0.2, 0.25) is 0 Å². The van der Waals surface area contributed by atoms with Crippen molar-refractivity contribution in [1.29, 1.82) is 0 Å². The van der Waals surface area contributed by atoms with Crippen LogP contribution in [0.3, 0.4) is 0 Å². The van der Waals surface area contributed by atoms with Crippen LogP contribution in [0, 0.1) is 13.8 Å². The first-order valence-electron chi connectivity index (χ1n) is 14.5. The first-order chi connectivity index (χ1) is 19.4.